The lowest BCUT2D eigenvalue weighted by atomic mass is 10.3. The van der Waals surface area contributed by atoms with Gasteiger partial charge in [0.05, 0.1) is 11.4 Å². The first-order valence-corrected chi connectivity index (χ1v) is 4.50. The van der Waals surface area contributed by atoms with E-state index < -0.39 is 34.3 Å². The molecule has 6 nitrogen and oxygen atoms in total. The number of hydrogen-bond acceptors (Lipinski definition) is 4. The van der Waals surface area contributed by atoms with Crippen molar-refractivity contribution in [2.24, 2.45) is 0 Å². The Kier molecular flexibility index (Phi) is 3.61. The summed E-state index contributed by atoms with van der Waals surface area (Å²) in [6.45, 7) is 0. The van der Waals surface area contributed by atoms with E-state index in [-0.39, 0.29) is 5.56 Å². The van der Waals surface area contributed by atoms with Crippen LogP contribution < -0.4 is 10.3 Å². The molecule has 94 valence electrons. The molecule has 1 heterocycles. The third-order valence-electron chi connectivity index (χ3n) is 1.61. The average molecular weight is 273 g/mol. The third-order valence-corrected chi connectivity index (χ3v) is 1.90. The minimum atomic E-state index is -5.10. The van der Waals surface area contributed by atoms with Crippen LogP contribution >= 0.6 is 11.6 Å². The van der Waals surface area contributed by atoms with Gasteiger partial charge < -0.3 is 14.9 Å². The smallest absolute Gasteiger partial charge is 0.397 e. The standard InChI is InChI=1S/C7H4ClF3N2O4/c8-2-3-1-4(17-7(9,10)11)5(13(15)16)12-6(3)14/h1H,2H2,(H,12,14). The molecule has 0 aliphatic carbocycles. The van der Waals surface area contributed by atoms with E-state index in [0.717, 1.165) is 0 Å². The number of ether oxygens (including phenoxy) is 1. The second kappa shape index (κ2) is 4.62. The summed E-state index contributed by atoms with van der Waals surface area (Å²) in [4.78, 5) is 22.0. The van der Waals surface area contributed by atoms with Gasteiger partial charge in [-0.05, 0) is 4.92 Å². The molecule has 1 aromatic rings. The van der Waals surface area contributed by atoms with Gasteiger partial charge in [0.1, 0.15) is 0 Å². The summed E-state index contributed by atoms with van der Waals surface area (Å²) in [5.74, 6) is -2.69. The van der Waals surface area contributed by atoms with E-state index in [1.807, 2.05) is 0 Å². The molecule has 0 unspecified atom stereocenters. The molecular weight excluding hydrogens is 269 g/mol. The highest BCUT2D eigenvalue weighted by molar-refractivity contribution is 6.17. The monoisotopic (exact) mass is 272 g/mol. The fourth-order valence-electron chi connectivity index (χ4n) is 0.979. The fraction of sp³-hybridized carbons (Fsp3) is 0.286. The Morgan fingerprint density at radius 2 is 2.12 bits per heavy atom. The molecule has 0 aromatic carbocycles. The van der Waals surface area contributed by atoms with Crippen molar-refractivity contribution in [2.45, 2.75) is 12.2 Å². The molecule has 17 heavy (non-hydrogen) atoms. The van der Waals surface area contributed by atoms with Gasteiger partial charge in [-0.3, -0.25) is 0 Å². The predicted molar refractivity (Wildman–Crippen MR) is 50.0 cm³/mol. The zero-order valence-corrected chi connectivity index (χ0v) is 8.63. The molecule has 0 radical (unpaired) electrons. The Balaban J connectivity index is 3.34. The molecule has 1 aromatic heterocycles. The molecule has 0 atom stereocenters. The molecule has 0 aliphatic rings. The fourth-order valence-corrected chi connectivity index (χ4v) is 1.18. The largest absolute Gasteiger partial charge is 0.573 e. The Morgan fingerprint density at radius 3 is 2.53 bits per heavy atom. The Labute approximate surface area is 96.1 Å². The van der Waals surface area contributed by atoms with Gasteiger partial charge in [-0.15, -0.1) is 24.8 Å². The van der Waals surface area contributed by atoms with E-state index in [1.54, 1.807) is 4.98 Å². The molecule has 0 amide bonds. The average Bonchev–Trinajstić information content (AvgIpc) is 2.17. The minimum Gasteiger partial charge on any atom is -0.397 e. The third kappa shape index (κ3) is 3.34. The van der Waals surface area contributed by atoms with E-state index in [9.17, 15) is 28.1 Å². The van der Waals surface area contributed by atoms with Gasteiger partial charge in [-0.25, -0.2) is 4.79 Å². The maximum absolute atomic E-state index is 12.0. The van der Waals surface area contributed by atoms with Crippen LogP contribution in [0.3, 0.4) is 0 Å². The van der Waals surface area contributed by atoms with Gasteiger partial charge >= 0.3 is 17.7 Å². The van der Waals surface area contributed by atoms with E-state index in [0.29, 0.717) is 6.07 Å². The van der Waals surface area contributed by atoms with Crippen molar-refractivity contribution in [1.82, 2.24) is 4.98 Å². The van der Waals surface area contributed by atoms with E-state index >= 15 is 0 Å². The van der Waals surface area contributed by atoms with Crippen molar-refractivity contribution in [1.29, 1.82) is 0 Å². The first kappa shape index (κ1) is 13.3. The molecule has 0 saturated carbocycles. The maximum atomic E-state index is 12.0. The van der Waals surface area contributed by atoms with Gasteiger partial charge in [-0.2, -0.15) is 4.98 Å². The molecule has 10 heteroatoms. The van der Waals surface area contributed by atoms with Gasteiger partial charge in [-0.1, -0.05) is 0 Å². The summed E-state index contributed by atoms with van der Waals surface area (Å²) in [7, 11) is 0. The van der Waals surface area contributed by atoms with Crippen LogP contribution in [0.4, 0.5) is 19.0 Å². The van der Waals surface area contributed by atoms with Crippen molar-refractivity contribution in [3.63, 3.8) is 0 Å². The molecule has 0 bridgehead atoms. The Bertz CT molecular complexity index is 499. The van der Waals surface area contributed by atoms with Crippen molar-refractivity contribution in [2.75, 3.05) is 0 Å². The van der Waals surface area contributed by atoms with Crippen molar-refractivity contribution in [3.05, 3.63) is 32.1 Å². The predicted octanol–water partition coefficient (Wildman–Crippen LogP) is 1.92. The van der Waals surface area contributed by atoms with Gasteiger partial charge in [0.25, 0.3) is 0 Å². The molecule has 1 N–H and O–H groups in total. The summed E-state index contributed by atoms with van der Waals surface area (Å²) in [5, 5.41) is 10.4. The molecule has 0 spiro atoms. The number of H-pyrrole nitrogens is 1. The quantitative estimate of drug-likeness (QED) is 0.517. The van der Waals surface area contributed by atoms with E-state index in [2.05, 4.69) is 4.74 Å². The van der Waals surface area contributed by atoms with Gasteiger partial charge in [0.15, 0.2) is 0 Å². The lowest BCUT2D eigenvalue weighted by Crippen LogP contribution is -2.21. The minimum absolute atomic E-state index is 0.267. The number of rotatable bonds is 3. The zero-order valence-electron chi connectivity index (χ0n) is 7.88. The van der Waals surface area contributed by atoms with Gasteiger partial charge in [0, 0.05) is 6.07 Å². The summed E-state index contributed by atoms with van der Waals surface area (Å²) in [5.41, 5.74) is -1.21. The van der Waals surface area contributed by atoms with Crippen molar-refractivity contribution < 1.29 is 22.8 Å². The Morgan fingerprint density at radius 1 is 1.53 bits per heavy atom. The lowest BCUT2D eigenvalue weighted by Gasteiger charge is -2.09. The summed E-state index contributed by atoms with van der Waals surface area (Å²) in [6, 6.07) is 0.581. The molecule has 0 saturated heterocycles. The lowest BCUT2D eigenvalue weighted by molar-refractivity contribution is -0.393. The van der Waals surface area contributed by atoms with Crippen LogP contribution in [0.25, 0.3) is 0 Å². The maximum Gasteiger partial charge on any atom is 0.573 e. The Hall–Kier alpha value is -1.77. The number of nitrogens with zero attached hydrogens (tertiary/aromatic N) is 1. The van der Waals surface area contributed by atoms with Crippen LogP contribution in [0.1, 0.15) is 5.56 Å². The van der Waals surface area contributed by atoms with Crippen LogP contribution in [-0.4, -0.2) is 16.3 Å². The number of halogens is 4. The topological polar surface area (TPSA) is 85.2 Å². The number of hydrogen-bond donors (Lipinski definition) is 1. The summed E-state index contributed by atoms with van der Waals surface area (Å²) >= 11 is 5.28. The normalized spacial score (nSPS) is 11.3. The van der Waals surface area contributed by atoms with Crippen LogP contribution in [0.15, 0.2) is 10.9 Å². The van der Waals surface area contributed by atoms with Crippen molar-refractivity contribution >= 4 is 17.4 Å². The number of aromatic nitrogens is 1. The molecular formula is C7H4ClF3N2O4. The van der Waals surface area contributed by atoms with Crippen LogP contribution in [0, 0.1) is 10.1 Å². The second-order valence-electron chi connectivity index (χ2n) is 2.78. The first-order chi connectivity index (χ1) is 7.74. The molecule has 1 rings (SSSR count). The van der Waals surface area contributed by atoms with Crippen LogP contribution in [-0.2, 0) is 5.88 Å². The highest BCUT2D eigenvalue weighted by Gasteiger charge is 2.35. The van der Waals surface area contributed by atoms with Crippen LogP contribution in [0.5, 0.6) is 5.75 Å². The summed E-state index contributed by atoms with van der Waals surface area (Å²) in [6.07, 6.45) is -5.10. The van der Waals surface area contributed by atoms with Crippen LogP contribution in [0.2, 0.25) is 0 Å². The number of aromatic amines is 1. The van der Waals surface area contributed by atoms with Gasteiger partial charge in [0.2, 0.25) is 5.75 Å². The number of pyridine rings is 1. The summed E-state index contributed by atoms with van der Waals surface area (Å²) < 4.78 is 39.3. The van der Waals surface area contributed by atoms with Crippen molar-refractivity contribution in [3.8, 4) is 5.75 Å². The highest BCUT2D eigenvalue weighted by Crippen LogP contribution is 2.29. The SMILES string of the molecule is O=c1[nH]c([N+](=O)[O-])c(OC(F)(F)F)cc1CCl. The number of alkyl halides is 4. The highest BCUT2D eigenvalue weighted by atomic mass is 35.5. The van der Waals surface area contributed by atoms with E-state index in [4.69, 9.17) is 11.6 Å². The second-order valence-corrected chi connectivity index (χ2v) is 3.04. The zero-order chi connectivity index (χ0) is 13.2. The molecule has 0 fully saturated rings. The number of nitro groups is 1. The first-order valence-electron chi connectivity index (χ1n) is 3.97. The molecule has 0 aliphatic heterocycles. The van der Waals surface area contributed by atoms with E-state index in [1.165, 1.54) is 0 Å². The number of nitrogens with one attached hydrogen (secondary N) is 1.